The Morgan fingerprint density at radius 3 is 2.86 bits per heavy atom. The van der Waals surface area contributed by atoms with Crippen LogP contribution in [0.4, 0.5) is 0 Å². The van der Waals surface area contributed by atoms with Crippen molar-refractivity contribution in [3.8, 4) is 0 Å². The van der Waals surface area contributed by atoms with E-state index in [1.807, 2.05) is 6.92 Å². The number of hydrogen-bond donors (Lipinski definition) is 1. The molecule has 4 heterocycles. The zero-order valence-electron chi connectivity index (χ0n) is 16.4. The third kappa shape index (κ3) is 3.90. The molecule has 0 unspecified atom stereocenters. The molecule has 0 atom stereocenters. The summed E-state index contributed by atoms with van der Waals surface area (Å²) in [6.45, 7) is 4.96. The number of fused-ring (bicyclic) bond motifs is 1. The molecule has 0 radical (unpaired) electrons. The first kappa shape index (κ1) is 19.2. The van der Waals surface area contributed by atoms with Crippen molar-refractivity contribution in [1.82, 2.24) is 35.1 Å². The number of aromatic nitrogens is 5. The normalized spacial score (nSPS) is 13.4. The number of aryl methyl sites for hydroxylation is 2. The van der Waals surface area contributed by atoms with Crippen LogP contribution in [0.3, 0.4) is 0 Å². The van der Waals surface area contributed by atoms with Gasteiger partial charge in [0.15, 0.2) is 11.5 Å². The van der Waals surface area contributed by atoms with Crippen LogP contribution in [-0.2, 0) is 19.4 Å². The molecule has 0 saturated heterocycles. The summed E-state index contributed by atoms with van der Waals surface area (Å²) in [5, 5.41) is 13.6. The lowest BCUT2D eigenvalue weighted by atomic mass is 10.0. The van der Waals surface area contributed by atoms with Gasteiger partial charge in [-0.1, -0.05) is 5.16 Å². The van der Waals surface area contributed by atoms with Crippen molar-refractivity contribution >= 4 is 23.2 Å². The Hall–Kier alpha value is -3.08. The van der Waals surface area contributed by atoms with Crippen molar-refractivity contribution in [2.24, 2.45) is 0 Å². The summed E-state index contributed by atoms with van der Waals surface area (Å²) in [4.78, 5) is 37.2. The minimum Gasteiger partial charge on any atom is -0.340 e. The molecule has 0 bridgehead atoms. The molecule has 4 rings (SSSR count). The predicted octanol–water partition coefficient (Wildman–Crippen LogP) is 1.38. The Kier molecular flexibility index (Phi) is 5.14. The molecule has 0 saturated carbocycles. The van der Waals surface area contributed by atoms with Crippen LogP contribution in [0.5, 0.6) is 0 Å². The van der Waals surface area contributed by atoms with Crippen LogP contribution < -0.4 is 0 Å². The summed E-state index contributed by atoms with van der Waals surface area (Å²) in [7, 11) is 1.72. The molecule has 1 aliphatic heterocycles. The van der Waals surface area contributed by atoms with Crippen LogP contribution in [0.1, 0.15) is 49.0 Å². The first-order valence-electron chi connectivity index (χ1n) is 9.24. The Labute approximate surface area is 170 Å². The van der Waals surface area contributed by atoms with Crippen molar-refractivity contribution in [2.45, 2.75) is 33.2 Å². The first-order chi connectivity index (χ1) is 13.9. The van der Waals surface area contributed by atoms with Crippen molar-refractivity contribution in [3.63, 3.8) is 0 Å². The lowest BCUT2D eigenvalue weighted by molar-refractivity contribution is 0.0727. The van der Waals surface area contributed by atoms with Gasteiger partial charge < -0.3 is 14.3 Å². The van der Waals surface area contributed by atoms with Crippen LogP contribution in [0, 0.1) is 13.8 Å². The predicted molar refractivity (Wildman–Crippen MR) is 104 cm³/mol. The second-order valence-corrected chi connectivity index (χ2v) is 8.03. The van der Waals surface area contributed by atoms with Gasteiger partial charge in [-0.15, -0.1) is 11.3 Å². The van der Waals surface area contributed by atoms with Crippen LogP contribution >= 0.6 is 11.3 Å². The van der Waals surface area contributed by atoms with Gasteiger partial charge in [0.05, 0.1) is 17.2 Å². The van der Waals surface area contributed by atoms with Crippen molar-refractivity contribution < 1.29 is 14.1 Å². The molecule has 1 aliphatic rings. The highest BCUT2D eigenvalue weighted by atomic mass is 32.1. The number of hydrogen-bond acceptors (Lipinski definition) is 8. The molecule has 29 heavy (non-hydrogen) atoms. The van der Waals surface area contributed by atoms with E-state index in [-0.39, 0.29) is 11.8 Å². The molecule has 152 valence electrons. The maximum Gasteiger partial charge on any atom is 0.274 e. The van der Waals surface area contributed by atoms with Gasteiger partial charge in [-0.2, -0.15) is 10.1 Å². The highest BCUT2D eigenvalue weighted by Gasteiger charge is 2.29. The minimum atomic E-state index is -0.169. The quantitative estimate of drug-likeness (QED) is 0.668. The number of aromatic amines is 1. The highest BCUT2D eigenvalue weighted by molar-refractivity contribution is 7.09. The Bertz CT molecular complexity index is 1050. The molecular formula is C18H21N7O3S. The summed E-state index contributed by atoms with van der Waals surface area (Å²) < 4.78 is 4.95. The van der Waals surface area contributed by atoms with Crippen LogP contribution in [0.25, 0.3) is 0 Å². The van der Waals surface area contributed by atoms with Gasteiger partial charge in [-0.3, -0.25) is 14.7 Å². The number of likely N-dealkylation sites (N-methyl/N-ethyl adjacent to an activating group) is 1. The topological polar surface area (TPSA) is 121 Å². The number of carbonyl (C=O) groups excluding carboxylic acids is 2. The molecule has 0 aromatic carbocycles. The summed E-state index contributed by atoms with van der Waals surface area (Å²) >= 11 is 1.45. The molecule has 3 aromatic heterocycles. The maximum atomic E-state index is 12.8. The van der Waals surface area contributed by atoms with Gasteiger partial charge in [0.2, 0.25) is 5.89 Å². The monoisotopic (exact) mass is 415 g/mol. The Morgan fingerprint density at radius 2 is 2.17 bits per heavy atom. The van der Waals surface area contributed by atoms with E-state index in [0.29, 0.717) is 55.6 Å². The average Bonchev–Trinajstić information content (AvgIpc) is 3.44. The molecule has 10 nitrogen and oxygen atoms in total. The Morgan fingerprint density at radius 1 is 1.34 bits per heavy atom. The molecule has 11 heteroatoms. The number of rotatable bonds is 5. The zero-order chi connectivity index (χ0) is 20.5. The van der Waals surface area contributed by atoms with Gasteiger partial charge in [-0.05, 0) is 13.3 Å². The fourth-order valence-corrected chi connectivity index (χ4v) is 3.87. The molecule has 1 N–H and O–H groups in total. The molecule has 3 aromatic rings. The van der Waals surface area contributed by atoms with Crippen molar-refractivity contribution in [3.05, 3.63) is 44.7 Å². The average molecular weight is 415 g/mol. The van der Waals surface area contributed by atoms with Crippen molar-refractivity contribution in [2.75, 3.05) is 20.1 Å². The summed E-state index contributed by atoms with van der Waals surface area (Å²) in [6, 6.07) is 0. The van der Waals surface area contributed by atoms with E-state index in [2.05, 4.69) is 25.3 Å². The minimum absolute atomic E-state index is 0.102. The fraction of sp³-hybridized carbons (Fsp3) is 0.444. The lowest BCUT2D eigenvalue weighted by Gasteiger charge is -2.26. The number of carbonyl (C=O) groups is 2. The van der Waals surface area contributed by atoms with Gasteiger partial charge in [0.1, 0.15) is 5.69 Å². The Balaban J connectivity index is 1.42. The standard InChI is InChI=1S/C18H21N7O3S/c1-10-19-15(23-28-10)5-6-24(3)18(27)16-12-4-7-25(8-13(12)21-22-16)17(26)14-9-29-11(2)20-14/h9H,4-8H2,1-3H3,(H,21,22). The largest absolute Gasteiger partial charge is 0.340 e. The number of nitrogens with one attached hydrogen (secondary N) is 1. The molecule has 0 spiro atoms. The number of thiazole rings is 1. The van der Waals surface area contributed by atoms with Gasteiger partial charge in [0, 0.05) is 44.4 Å². The summed E-state index contributed by atoms with van der Waals surface area (Å²) in [5.41, 5.74) is 2.53. The lowest BCUT2D eigenvalue weighted by Crippen LogP contribution is -2.37. The van der Waals surface area contributed by atoms with Gasteiger partial charge in [0.25, 0.3) is 11.8 Å². The van der Waals surface area contributed by atoms with E-state index in [9.17, 15) is 9.59 Å². The second-order valence-electron chi connectivity index (χ2n) is 6.96. The van der Waals surface area contributed by atoms with Gasteiger partial charge >= 0.3 is 0 Å². The van der Waals surface area contributed by atoms with Crippen LogP contribution in [0.2, 0.25) is 0 Å². The van der Waals surface area contributed by atoms with Crippen LogP contribution in [0.15, 0.2) is 9.90 Å². The summed E-state index contributed by atoms with van der Waals surface area (Å²) in [6.07, 6.45) is 1.07. The smallest absolute Gasteiger partial charge is 0.274 e. The third-order valence-electron chi connectivity index (χ3n) is 4.85. The van der Waals surface area contributed by atoms with Crippen LogP contribution in [-0.4, -0.2) is 67.1 Å². The summed E-state index contributed by atoms with van der Waals surface area (Å²) in [5.74, 6) is 0.799. The maximum absolute atomic E-state index is 12.8. The highest BCUT2D eigenvalue weighted by Crippen LogP contribution is 2.23. The molecule has 0 fully saturated rings. The van der Waals surface area contributed by atoms with E-state index < -0.39 is 0 Å². The molecule has 2 amide bonds. The fourth-order valence-electron chi connectivity index (χ4n) is 3.28. The first-order valence-corrected chi connectivity index (χ1v) is 10.1. The van der Waals surface area contributed by atoms with E-state index in [1.54, 1.807) is 29.2 Å². The second kappa shape index (κ2) is 7.74. The van der Waals surface area contributed by atoms with E-state index in [1.165, 1.54) is 11.3 Å². The number of nitrogens with zero attached hydrogens (tertiary/aromatic N) is 6. The van der Waals surface area contributed by atoms with Crippen molar-refractivity contribution in [1.29, 1.82) is 0 Å². The SMILES string of the molecule is Cc1nc(CCN(C)C(=O)c2n[nH]c3c2CCN(C(=O)c2csc(C)n2)C3)no1. The van der Waals surface area contributed by atoms with E-state index >= 15 is 0 Å². The van der Waals surface area contributed by atoms with E-state index in [4.69, 9.17) is 4.52 Å². The number of amides is 2. The van der Waals surface area contributed by atoms with Gasteiger partial charge in [-0.25, -0.2) is 4.98 Å². The number of H-pyrrole nitrogens is 1. The van der Waals surface area contributed by atoms with E-state index in [0.717, 1.165) is 16.3 Å². The zero-order valence-corrected chi connectivity index (χ0v) is 17.2. The molecule has 0 aliphatic carbocycles. The molecular weight excluding hydrogens is 394 g/mol. The third-order valence-corrected chi connectivity index (χ3v) is 5.62.